The number of hydrogen-bond donors (Lipinski definition) is 1. The number of allylic oxidation sites excluding steroid dienone is 8. The van der Waals surface area contributed by atoms with Crippen LogP contribution in [-0.4, -0.2) is 9.79 Å². The predicted octanol–water partition coefficient (Wildman–Crippen LogP) is 4.31. The lowest BCUT2D eigenvalue weighted by atomic mass is 10.1. The van der Waals surface area contributed by atoms with Crippen LogP contribution in [0.5, 0.6) is 0 Å². The second kappa shape index (κ2) is 12.2. The molecular formula is C21H35O6P2-3. The van der Waals surface area contributed by atoms with Gasteiger partial charge in [0, 0.05) is 0 Å². The van der Waals surface area contributed by atoms with Gasteiger partial charge in [0.2, 0.25) is 0 Å². The van der Waals surface area contributed by atoms with E-state index in [1.807, 2.05) is 39.8 Å². The lowest BCUT2D eigenvalue weighted by Gasteiger charge is -2.53. The van der Waals surface area contributed by atoms with Crippen LogP contribution in [0.4, 0.5) is 0 Å². The highest BCUT2D eigenvalue weighted by Gasteiger charge is 2.41. The van der Waals surface area contributed by atoms with E-state index in [0.29, 0.717) is 12.8 Å². The summed E-state index contributed by atoms with van der Waals surface area (Å²) in [6, 6.07) is 0. The van der Waals surface area contributed by atoms with Gasteiger partial charge in [0.1, 0.15) is 7.60 Å². The first-order valence-corrected chi connectivity index (χ1v) is 12.9. The summed E-state index contributed by atoms with van der Waals surface area (Å²) >= 11 is 0. The molecule has 6 nitrogen and oxygen atoms in total. The van der Waals surface area contributed by atoms with Crippen molar-refractivity contribution in [3.63, 3.8) is 0 Å². The number of rotatable bonds is 12. The van der Waals surface area contributed by atoms with Crippen LogP contribution in [0, 0.1) is 0 Å². The van der Waals surface area contributed by atoms with E-state index in [2.05, 4.69) is 0 Å². The van der Waals surface area contributed by atoms with Crippen molar-refractivity contribution in [2.75, 3.05) is 0 Å². The van der Waals surface area contributed by atoms with Gasteiger partial charge in [-0.2, -0.15) is 0 Å². The lowest BCUT2D eigenvalue weighted by Crippen LogP contribution is -2.41. The summed E-state index contributed by atoms with van der Waals surface area (Å²) in [7, 11) is -11.1. The summed E-state index contributed by atoms with van der Waals surface area (Å²) in [5.41, 5.74) is 3.81. The molecule has 0 saturated heterocycles. The Bertz CT molecular complexity index is 677. The van der Waals surface area contributed by atoms with Gasteiger partial charge < -0.3 is 28.7 Å². The fraction of sp³-hybridized carbons (Fsp3) is 0.619. The van der Waals surface area contributed by atoms with E-state index in [1.54, 1.807) is 13.8 Å². The fourth-order valence-corrected chi connectivity index (χ4v) is 5.26. The zero-order chi connectivity index (χ0) is 22.9. The molecule has 0 spiro atoms. The first kappa shape index (κ1) is 28.3. The predicted molar refractivity (Wildman–Crippen MR) is 114 cm³/mol. The van der Waals surface area contributed by atoms with Crippen LogP contribution in [0.25, 0.3) is 0 Å². The zero-order valence-electron chi connectivity index (χ0n) is 18.4. The number of hydrogen-bond acceptors (Lipinski definition) is 5. The summed E-state index contributed by atoms with van der Waals surface area (Å²) < 4.78 is 24.1. The Labute approximate surface area is 175 Å². The minimum Gasteiger partial charge on any atom is -0.810 e. The monoisotopic (exact) mass is 445 g/mol. The van der Waals surface area contributed by atoms with E-state index in [4.69, 9.17) is 0 Å². The SMILES string of the molecule is CC(C)=CCC/C(C)=C/CC(C/C=C(\C)CCC=C(C)C)(P(=O)([O-])[O-])P(=O)([O-])O. The molecule has 0 aromatic carbocycles. The summed E-state index contributed by atoms with van der Waals surface area (Å²) in [4.78, 5) is 43.0. The molecule has 1 unspecified atom stereocenters. The third-order valence-electron chi connectivity index (χ3n) is 4.77. The van der Waals surface area contributed by atoms with Crippen LogP contribution in [-0.2, 0) is 9.13 Å². The molecule has 0 aromatic rings. The van der Waals surface area contributed by atoms with E-state index in [0.717, 1.165) is 35.1 Å². The minimum atomic E-state index is -5.66. The smallest absolute Gasteiger partial charge is 0.144 e. The van der Waals surface area contributed by atoms with E-state index < -0.39 is 32.9 Å². The van der Waals surface area contributed by atoms with Crippen LogP contribution >= 0.6 is 15.2 Å². The quantitative estimate of drug-likeness (QED) is 0.353. The Morgan fingerprint density at radius 1 is 0.759 bits per heavy atom. The lowest BCUT2D eigenvalue weighted by molar-refractivity contribution is -0.320. The maximum absolute atomic E-state index is 12.1. The van der Waals surface area contributed by atoms with Crippen molar-refractivity contribution in [2.24, 2.45) is 0 Å². The third kappa shape index (κ3) is 10.2. The maximum Gasteiger partial charge on any atom is 0.144 e. The molecule has 0 amide bonds. The van der Waals surface area contributed by atoms with Gasteiger partial charge in [0.25, 0.3) is 0 Å². The second-order valence-electron chi connectivity index (χ2n) is 8.15. The van der Waals surface area contributed by atoms with Gasteiger partial charge in [-0.25, -0.2) is 0 Å². The van der Waals surface area contributed by atoms with E-state index in [1.165, 1.54) is 12.2 Å². The molecule has 8 heteroatoms. The molecule has 0 heterocycles. The van der Waals surface area contributed by atoms with Crippen LogP contribution in [0.2, 0.25) is 0 Å². The Morgan fingerprint density at radius 2 is 1.10 bits per heavy atom. The largest absolute Gasteiger partial charge is 0.810 e. The summed E-state index contributed by atoms with van der Waals surface area (Å²) in [5, 5.41) is 0. The van der Waals surface area contributed by atoms with Gasteiger partial charge in [0.15, 0.2) is 0 Å². The highest BCUT2D eigenvalue weighted by molar-refractivity contribution is 7.70. The zero-order valence-corrected chi connectivity index (χ0v) is 20.2. The van der Waals surface area contributed by atoms with Crippen LogP contribution in [0.3, 0.4) is 0 Å². The summed E-state index contributed by atoms with van der Waals surface area (Å²) in [5.74, 6) is 0. The van der Waals surface area contributed by atoms with Crippen molar-refractivity contribution in [3.05, 3.63) is 46.6 Å². The van der Waals surface area contributed by atoms with Crippen molar-refractivity contribution in [1.29, 1.82) is 0 Å². The van der Waals surface area contributed by atoms with Crippen molar-refractivity contribution in [2.45, 2.75) is 85.0 Å². The highest BCUT2D eigenvalue weighted by Crippen LogP contribution is 2.67. The molecule has 0 bridgehead atoms. The summed E-state index contributed by atoms with van der Waals surface area (Å²) in [6.45, 7) is 11.3. The molecular weight excluding hydrogens is 410 g/mol. The molecule has 0 fully saturated rings. The van der Waals surface area contributed by atoms with Crippen LogP contribution < -0.4 is 14.7 Å². The Kier molecular flexibility index (Phi) is 11.9. The molecule has 1 N–H and O–H groups in total. The molecule has 0 aromatic heterocycles. The van der Waals surface area contributed by atoms with E-state index in [-0.39, 0.29) is 0 Å². The van der Waals surface area contributed by atoms with Crippen molar-refractivity contribution in [1.82, 2.24) is 0 Å². The van der Waals surface area contributed by atoms with E-state index >= 15 is 0 Å². The second-order valence-corrected chi connectivity index (χ2v) is 12.3. The van der Waals surface area contributed by atoms with Crippen molar-refractivity contribution >= 4 is 15.2 Å². The Hall–Kier alpha value is -0.740. The van der Waals surface area contributed by atoms with Gasteiger partial charge >= 0.3 is 0 Å². The van der Waals surface area contributed by atoms with Crippen molar-refractivity contribution < 1.29 is 28.7 Å². The Balaban J connectivity index is 5.69. The first-order chi connectivity index (χ1) is 13.1. The third-order valence-corrected chi connectivity index (χ3v) is 9.07. The molecule has 168 valence electrons. The highest BCUT2D eigenvalue weighted by atomic mass is 31.2. The molecule has 29 heavy (non-hydrogen) atoms. The van der Waals surface area contributed by atoms with Gasteiger partial charge in [-0.1, -0.05) is 54.2 Å². The van der Waals surface area contributed by atoms with Crippen LogP contribution in [0.1, 0.15) is 80.1 Å². The molecule has 0 aliphatic rings. The molecule has 1 atom stereocenters. The molecule has 0 aliphatic carbocycles. The standard InChI is InChI=1S/C21H38O6P2/c1-17(2)9-7-11-19(5)13-15-21(28(22,23)24,29(25,26)27)16-14-20(6)12-8-10-18(3)4/h9-10,13-14H,7-8,11-12,15-16H2,1-6H3,(H2,22,23,24)(H2,25,26,27)/p-3/b19-13+,20-14+. The van der Waals surface area contributed by atoms with Gasteiger partial charge in [-0.3, -0.25) is 0 Å². The molecule has 0 radical (unpaired) electrons. The topological polar surface area (TPSA) is 124 Å². The van der Waals surface area contributed by atoms with Gasteiger partial charge in [-0.15, -0.1) is 0 Å². The maximum atomic E-state index is 12.1. The molecule has 0 aliphatic heterocycles. The van der Waals surface area contributed by atoms with Gasteiger partial charge in [0.05, 0.1) is 4.90 Å². The van der Waals surface area contributed by atoms with E-state index in [9.17, 15) is 28.7 Å². The first-order valence-electron chi connectivity index (χ1n) is 9.76. The van der Waals surface area contributed by atoms with Crippen LogP contribution in [0.15, 0.2) is 46.6 Å². The summed E-state index contributed by atoms with van der Waals surface area (Å²) in [6.07, 6.45) is 8.44. The average Bonchev–Trinajstić information content (AvgIpc) is 2.51. The normalized spacial score (nSPS) is 17.3. The minimum absolute atomic E-state index is 0.563. The Morgan fingerprint density at radius 3 is 1.34 bits per heavy atom. The molecule has 0 saturated carbocycles. The van der Waals surface area contributed by atoms with Crippen molar-refractivity contribution in [3.8, 4) is 0 Å². The van der Waals surface area contributed by atoms with Gasteiger partial charge in [-0.05, 0) is 80.1 Å². The average molecular weight is 445 g/mol. The molecule has 0 rings (SSSR count). The fourth-order valence-electron chi connectivity index (χ4n) is 2.75.